The Balaban J connectivity index is 2.01. The van der Waals surface area contributed by atoms with E-state index in [1.54, 1.807) is 0 Å². The minimum absolute atomic E-state index is 0.0509. The largest absolute Gasteiger partial charge is 0.496 e. The van der Waals surface area contributed by atoms with Crippen LogP contribution in [0.3, 0.4) is 0 Å². The number of carbonyl (C=O) groups excluding carboxylic acids is 1. The summed E-state index contributed by atoms with van der Waals surface area (Å²) in [6, 6.07) is 9.24. The highest BCUT2D eigenvalue weighted by atomic mass is 35.5. The number of ether oxygens (including phenoxy) is 2. The third-order valence-electron chi connectivity index (χ3n) is 4.99. The van der Waals surface area contributed by atoms with Crippen LogP contribution in [0.5, 0.6) is 11.5 Å². The Morgan fingerprint density at radius 2 is 1.76 bits per heavy atom. The van der Waals surface area contributed by atoms with Crippen molar-refractivity contribution in [3.8, 4) is 11.5 Å². The number of nitrogens with zero attached hydrogens (tertiary/aromatic N) is 1. The Morgan fingerprint density at radius 1 is 1.14 bits per heavy atom. The van der Waals surface area contributed by atoms with Gasteiger partial charge in [-0.2, -0.15) is 0 Å². The van der Waals surface area contributed by atoms with Gasteiger partial charge in [-0.25, -0.2) is 13.2 Å². The number of hydrogen-bond acceptors (Lipinski definition) is 7. The number of carbonyl (C=O) groups is 1. The SMILES string of the molecule is COc1ccc(OC(=O)C2(S(=O)(=O)c3ccc(Cl)cc3)CCCC2)c([N+](=O)[O-])c1. The summed E-state index contributed by atoms with van der Waals surface area (Å²) in [6.07, 6.45) is 1.18. The van der Waals surface area contributed by atoms with Crippen LogP contribution in [0, 0.1) is 10.1 Å². The van der Waals surface area contributed by atoms with E-state index < -0.39 is 31.2 Å². The molecule has 0 atom stereocenters. The van der Waals surface area contributed by atoms with Crippen molar-refractivity contribution in [1.82, 2.24) is 0 Å². The van der Waals surface area contributed by atoms with Crippen LogP contribution in [-0.4, -0.2) is 31.2 Å². The first-order chi connectivity index (χ1) is 13.7. The van der Waals surface area contributed by atoms with Crippen molar-refractivity contribution in [2.24, 2.45) is 0 Å². The molecule has 0 spiro atoms. The topological polar surface area (TPSA) is 113 Å². The summed E-state index contributed by atoms with van der Waals surface area (Å²) in [5.41, 5.74) is -0.491. The summed E-state index contributed by atoms with van der Waals surface area (Å²) in [7, 11) is -2.77. The van der Waals surface area contributed by atoms with E-state index in [0.717, 1.165) is 6.07 Å². The first kappa shape index (κ1) is 21.1. The van der Waals surface area contributed by atoms with Crippen LogP contribution in [0.4, 0.5) is 5.69 Å². The van der Waals surface area contributed by atoms with E-state index in [1.165, 1.54) is 43.5 Å². The molecular weight excluding hydrogens is 422 g/mol. The van der Waals surface area contributed by atoms with Gasteiger partial charge in [0, 0.05) is 5.02 Å². The van der Waals surface area contributed by atoms with Crippen LogP contribution in [0.15, 0.2) is 47.4 Å². The number of halogens is 1. The molecule has 0 heterocycles. The van der Waals surface area contributed by atoms with E-state index in [1.807, 2.05) is 0 Å². The Morgan fingerprint density at radius 3 is 2.31 bits per heavy atom. The fourth-order valence-corrected chi connectivity index (χ4v) is 5.57. The van der Waals surface area contributed by atoms with Gasteiger partial charge in [0.05, 0.1) is 23.0 Å². The lowest BCUT2D eigenvalue weighted by atomic mass is 10.1. The van der Waals surface area contributed by atoms with Gasteiger partial charge < -0.3 is 9.47 Å². The van der Waals surface area contributed by atoms with Gasteiger partial charge in [0.1, 0.15) is 5.75 Å². The molecule has 1 aliphatic rings. The Kier molecular flexibility index (Phi) is 5.81. The maximum absolute atomic E-state index is 13.3. The first-order valence-electron chi connectivity index (χ1n) is 8.76. The molecule has 1 fully saturated rings. The zero-order chi connectivity index (χ0) is 21.2. The first-order valence-corrected chi connectivity index (χ1v) is 10.6. The average molecular weight is 440 g/mol. The maximum Gasteiger partial charge on any atom is 0.333 e. The van der Waals surface area contributed by atoms with E-state index >= 15 is 0 Å². The minimum atomic E-state index is -4.11. The summed E-state index contributed by atoms with van der Waals surface area (Å²) in [4.78, 5) is 23.6. The van der Waals surface area contributed by atoms with Crippen molar-refractivity contribution in [2.75, 3.05) is 7.11 Å². The van der Waals surface area contributed by atoms with Crippen LogP contribution in [0.25, 0.3) is 0 Å². The molecule has 3 rings (SSSR count). The molecule has 0 aliphatic heterocycles. The van der Waals surface area contributed by atoms with Gasteiger partial charge in [-0.05, 0) is 49.2 Å². The zero-order valence-electron chi connectivity index (χ0n) is 15.5. The van der Waals surface area contributed by atoms with Crippen LogP contribution in [-0.2, 0) is 14.6 Å². The molecule has 0 saturated heterocycles. The molecule has 0 aromatic heterocycles. The molecule has 0 N–H and O–H groups in total. The van der Waals surface area contributed by atoms with Crippen LogP contribution >= 0.6 is 11.6 Å². The van der Waals surface area contributed by atoms with Crippen molar-refractivity contribution in [3.05, 3.63) is 57.6 Å². The molecule has 2 aromatic rings. The van der Waals surface area contributed by atoms with E-state index in [2.05, 4.69) is 0 Å². The number of hydrogen-bond donors (Lipinski definition) is 0. The predicted molar refractivity (Wildman–Crippen MR) is 105 cm³/mol. The summed E-state index contributed by atoms with van der Waals surface area (Å²) >= 11 is 5.84. The molecule has 10 heteroatoms. The Hall–Kier alpha value is -2.65. The van der Waals surface area contributed by atoms with Gasteiger partial charge in [0.2, 0.25) is 5.75 Å². The second-order valence-corrected chi connectivity index (χ2v) is 9.34. The van der Waals surface area contributed by atoms with Gasteiger partial charge in [-0.3, -0.25) is 10.1 Å². The van der Waals surface area contributed by atoms with Crippen molar-refractivity contribution in [1.29, 1.82) is 0 Å². The number of sulfone groups is 1. The van der Waals surface area contributed by atoms with E-state index in [4.69, 9.17) is 21.1 Å². The minimum Gasteiger partial charge on any atom is -0.496 e. The van der Waals surface area contributed by atoms with Crippen LogP contribution in [0.2, 0.25) is 5.02 Å². The normalized spacial score (nSPS) is 15.7. The molecule has 0 radical (unpaired) electrons. The highest BCUT2D eigenvalue weighted by Crippen LogP contribution is 2.43. The van der Waals surface area contributed by atoms with Gasteiger partial charge in [-0.15, -0.1) is 0 Å². The second kappa shape index (κ2) is 8.00. The molecular formula is C19H18ClNO7S. The lowest BCUT2D eigenvalue weighted by Gasteiger charge is -2.26. The molecule has 1 aliphatic carbocycles. The fraction of sp³-hybridized carbons (Fsp3) is 0.316. The van der Waals surface area contributed by atoms with E-state index in [0.29, 0.717) is 17.9 Å². The molecule has 1 saturated carbocycles. The zero-order valence-corrected chi connectivity index (χ0v) is 17.0. The van der Waals surface area contributed by atoms with Gasteiger partial charge in [0.15, 0.2) is 14.6 Å². The number of nitro benzene ring substituents is 1. The standard InChI is InChI=1S/C19H18ClNO7S/c1-27-14-6-9-17(16(12-14)21(23)24)28-18(22)19(10-2-3-11-19)29(25,26)15-7-4-13(20)5-8-15/h4-9,12H,2-3,10-11H2,1H3. The van der Waals surface area contributed by atoms with Gasteiger partial charge in [0.25, 0.3) is 0 Å². The maximum atomic E-state index is 13.3. The number of methoxy groups -OCH3 is 1. The van der Waals surface area contributed by atoms with Crippen LogP contribution < -0.4 is 9.47 Å². The summed E-state index contributed by atoms with van der Waals surface area (Å²) in [6.45, 7) is 0. The van der Waals surface area contributed by atoms with E-state index in [-0.39, 0.29) is 29.2 Å². The molecule has 0 bridgehead atoms. The molecule has 2 aromatic carbocycles. The van der Waals surface area contributed by atoms with Crippen molar-refractivity contribution >= 4 is 33.1 Å². The lowest BCUT2D eigenvalue weighted by molar-refractivity contribution is -0.385. The number of benzene rings is 2. The van der Waals surface area contributed by atoms with Crippen molar-refractivity contribution < 1.29 is 27.6 Å². The van der Waals surface area contributed by atoms with Crippen molar-refractivity contribution in [3.63, 3.8) is 0 Å². The molecule has 8 nitrogen and oxygen atoms in total. The summed E-state index contributed by atoms with van der Waals surface area (Å²) in [5, 5.41) is 11.7. The smallest absolute Gasteiger partial charge is 0.333 e. The Bertz CT molecular complexity index is 1040. The third kappa shape index (κ3) is 3.79. The van der Waals surface area contributed by atoms with Gasteiger partial charge >= 0.3 is 11.7 Å². The van der Waals surface area contributed by atoms with E-state index in [9.17, 15) is 23.3 Å². The monoisotopic (exact) mass is 439 g/mol. The lowest BCUT2D eigenvalue weighted by Crippen LogP contribution is -2.46. The molecule has 154 valence electrons. The van der Waals surface area contributed by atoms with Gasteiger partial charge in [-0.1, -0.05) is 24.4 Å². The second-order valence-electron chi connectivity index (χ2n) is 6.64. The number of esters is 1. The third-order valence-corrected chi connectivity index (χ3v) is 7.74. The van der Waals surface area contributed by atoms with Crippen LogP contribution in [0.1, 0.15) is 25.7 Å². The Labute approximate surface area is 172 Å². The average Bonchev–Trinajstić information content (AvgIpc) is 3.20. The molecule has 29 heavy (non-hydrogen) atoms. The highest BCUT2D eigenvalue weighted by Gasteiger charge is 2.54. The number of nitro groups is 1. The molecule has 0 amide bonds. The fourth-order valence-electron chi connectivity index (χ4n) is 3.41. The quantitative estimate of drug-likeness (QED) is 0.290. The molecule has 0 unspecified atom stereocenters. The number of rotatable bonds is 6. The van der Waals surface area contributed by atoms with Crippen molar-refractivity contribution in [2.45, 2.75) is 35.3 Å². The highest BCUT2D eigenvalue weighted by molar-refractivity contribution is 7.93. The summed E-state index contributed by atoms with van der Waals surface area (Å²) < 4.78 is 35.1. The summed E-state index contributed by atoms with van der Waals surface area (Å²) in [5.74, 6) is -1.16. The predicted octanol–water partition coefficient (Wildman–Crippen LogP) is 3.95.